The summed E-state index contributed by atoms with van der Waals surface area (Å²) in [7, 11) is 0. The zero-order valence-electron chi connectivity index (χ0n) is 10.1. The molecule has 0 amide bonds. The first-order chi connectivity index (χ1) is 8.34. The van der Waals surface area contributed by atoms with Crippen molar-refractivity contribution in [3.8, 4) is 5.75 Å². The lowest BCUT2D eigenvalue weighted by Crippen LogP contribution is -2.33. The van der Waals surface area contributed by atoms with E-state index in [2.05, 4.69) is 4.90 Å². The van der Waals surface area contributed by atoms with Gasteiger partial charge in [-0.3, -0.25) is 0 Å². The Morgan fingerprint density at radius 1 is 1.29 bits per heavy atom. The molecule has 94 valence electrons. The van der Waals surface area contributed by atoms with E-state index in [4.69, 9.17) is 10.5 Å². The molecule has 17 heavy (non-hydrogen) atoms. The van der Waals surface area contributed by atoms with Gasteiger partial charge in [0, 0.05) is 42.9 Å². The summed E-state index contributed by atoms with van der Waals surface area (Å²) in [6, 6.07) is 7.62. The first kappa shape index (κ1) is 12.6. The highest BCUT2D eigenvalue weighted by Crippen LogP contribution is 2.15. The number of thioether (sulfide) groups is 1. The molecule has 1 fully saturated rings. The van der Waals surface area contributed by atoms with E-state index < -0.39 is 0 Å². The highest BCUT2D eigenvalue weighted by Gasteiger charge is 2.09. The van der Waals surface area contributed by atoms with Crippen molar-refractivity contribution in [2.75, 3.05) is 43.5 Å². The molecule has 1 aliphatic heterocycles. The average molecular weight is 252 g/mol. The minimum Gasteiger partial charge on any atom is -0.493 e. The lowest BCUT2D eigenvalue weighted by molar-refractivity contribution is 0.248. The molecule has 4 heteroatoms. The van der Waals surface area contributed by atoms with Crippen molar-refractivity contribution in [3.63, 3.8) is 0 Å². The molecule has 0 radical (unpaired) electrons. The van der Waals surface area contributed by atoms with Crippen molar-refractivity contribution < 1.29 is 4.74 Å². The van der Waals surface area contributed by atoms with Crippen molar-refractivity contribution >= 4 is 17.4 Å². The van der Waals surface area contributed by atoms with E-state index in [9.17, 15) is 0 Å². The van der Waals surface area contributed by atoms with Crippen LogP contribution in [0.1, 0.15) is 6.42 Å². The van der Waals surface area contributed by atoms with Crippen molar-refractivity contribution in [2.24, 2.45) is 0 Å². The molecule has 0 bridgehead atoms. The molecule has 3 nitrogen and oxygen atoms in total. The van der Waals surface area contributed by atoms with Crippen LogP contribution < -0.4 is 10.5 Å². The molecule has 0 unspecified atom stereocenters. The zero-order valence-corrected chi connectivity index (χ0v) is 10.9. The summed E-state index contributed by atoms with van der Waals surface area (Å²) in [5, 5.41) is 0. The number of rotatable bonds is 5. The first-order valence-corrected chi connectivity index (χ1v) is 7.28. The highest BCUT2D eigenvalue weighted by atomic mass is 32.2. The fourth-order valence-electron chi connectivity index (χ4n) is 1.91. The Kier molecular flexibility index (Phi) is 5.01. The second kappa shape index (κ2) is 6.77. The normalized spacial score (nSPS) is 16.9. The van der Waals surface area contributed by atoms with E-state index in [1.54, 1.807) is 0 Å². The molecular formula is C13H20N2OS. The molecule has 0 spiro atoms. The minimum absolute atomic E-state index is 0.760. The summed E-state index contributed by atoms with van der Waals surface area (Å²) >= 11 is 2.05. The second-order valence-electron chi connectivity index (χ2n) is 4.23. The summed E-state index contributed by atoms with van der Waals surface area (Å²) in [5.41, 5.74) is 6.45. The van der Waals surface area contributed by atoms with Crippen LogP contribution in [0.15, 0.2) is 24.3 Å². The lowest BCUT2D eigenvalue weighted by Gasteiger charge is -2.25. The SMILES string of the molecule is Nc1cccc(OCCCN2CCSCC2)c1. The van der Waals surface area contributed by atoms with Crippen molar-refractivity contribution in [3.05, 3.63) is 24.3 Å². The third kappa shape index (κ3) is 4.48. The van der Waals surface area contributed by atoms with Crippen LogP contribution in [-0.2, 0) is 0 Å². The molecule has 1 heterocycles. The Labute approximate surface area is 107 Å². The molecule has 1 aliphatic rings. The Morgan fingerprint density at radius 3 is 2.88 bits per heavy atom. The largest absolute Gasteiger partial charge is 0.493 e. The van der Waals surface area contributed by atoms with Gasteiger partial charge in [-0.05, 0) is 18.6 Å². The van der Waals surface area contributed by atoms with Crippen LogP contribution in [0.2, 0.25) is 0 Å². The predicted molar refractivity (Wildman–Crippen MR) is 74.7 cm³/mol. The number of hydrogen-bond acceptors (Lipinski definition) is 4. The van der Waals surface area contributed by atoms with E-state index >= 15 is 0 Å². The van der Waals surface area contributed by atoms with Gasteiger partial charge in [-0.25, -0.2) is 0 Å². The van der Waals surface area contributed by atoms with Gasteiger partial charge in [-0.2, -0.15) is 11.8 Å². The molecule has 2 rings (SSSR count). The van der Waals surface area contributed by atoms with E-state index in [0.29, 0.717) is 0 Å². The van der Waals surface area contributed by atoms with Crippen molar-refractivity contribution in [2.45, 2.75) is 6.42 Å². The van der Waals surface area contributed by atoms with Gasteiger partial charge in [0.15, 0.2) is 0 Å². The van der Waals surface area contributed by atoms with E-state index in [1.807, 2.05) is 36.0 Å². The molecule has 2 N–H and O–H groups in total. The molecule has 0 aromatic heterocycles. The third-order valence-electron chi connectivity index (χ3n) is 2.85. The highest BCUT2D eigenvalue weighted by molar-refractivity contribution is 7.99. The monoisotopic (exact) mass is 252 g/mol. The maximum Gasteiger partial charge on any atom is 0.121 e. The van der Waals surface area contributed by atoms with Crippen molar-refractivity contribution in [1.82, 2.24) is 4.90 Å². The fourth-order valence-corrected chi connectivity index (χ4v) is 2.89. The number of nitrogens with two attached hydrogens (primary N) is 1. The molecular weight excluding hydrogens is 232 g/mol. The second-order valence-corrected chi connectivity index (χ2v) is 5.45. The molecule has 1 saturated heterocycles. The molecule has 0 saturated carbocycles. The number of nitrogen functional groups attached to an aromatic ring is 1. The lowest BCUT2D eigenvalue weighted by atomic mass is 10.3. The number of ether oxygens (including phenoxy) is 1. The molecule has 1 aromatic carbocycles. The van der Waals surface area contributed by atoms with E-state index in [1.165, 1.54) is 24.6 Å². The van der Waals surface area contributed by atoms with Gasteiger partial charge < -0.3 is 15.4 Å². The first-order valence-electron chi connectivity index (χ1n) is 6.13. The minimum atomic E-state index is 0.760. The quantitative estimate of drug-likeness (QED) is 0.643. The Bertz CT molecular complexity index is 340. The third-order valence-corrected chi connectivity index (χ3v) is 3.79. The maximum atomic E-state index is 5.69. The summed E-state index contributed by atoms with van der Waals surface area (Å²) in [6.07, 6.45) is 1.08. The number of anilines is 1. The van der Waals surface area contributed by atoms with Crippen LogP contribution >= 0.6 is 11.8 Å². The summed E-state index contributed by atoms with van der Waals surface area (Å²) in [4.78, 5) is 2.51. The predicted octanol–water partition coefficient (Wildman–Crippen LogP) is 2.09. The van der Waals surface area contributed by atoms with Crippen LogP contribution in [-0.4, -0.2) is 42.6 Å². The number of hydrogen-bond donors (Lipinski definition) is 1. The number of benzene rings is 1. The standard InChI is InChI=1S/C13H20N2OS/c14-12-3-1-4-13(11-12)16-8-2-5-15-6-9-17-10-7-15/h1,3-4,11H,2,5-10,14H2. The van der Waals surface area contributed by atoms with Crippen LogP contribution in [0.4, 0.5) is 5.69 Å². The smallest absolute Gasteiger partial charge is 0.121 e. The van der Waals surface area contributed by atoms with Crippen LogP contribution in [0.25, 0.3) is 0 Å². The van der Waals surface area contributed by atoms with Crippen LogP contribution in [0.3, 0.4) is 0 Å². The Morgan fingerprint density at radius 2 is 2.12 bits per heavy atom. The van der Waals surface area contributed by atoms with Gasteiger partial charge in [-0.15, -0.1) is 0 Å². The molecule has 0 aliphatic carbocycles. The fraction of sp³-hybridized carbons (Fsp3) is 0.538. The molecule has 0 atom stereocenters. The van der Waals surface area contributed by atoms with Gasteiger partial charge in [-0.1, -0.05) is 6.07 Å². The summed E-state index contributed by atoms with van der Waals surface area (Å²) < 4.78 is 5.67. The summed E-state index contributed by atoms with van der Waals surface area (Å²) in [5.74, 6) is 3.42. The Hall–Kier alpha value is -0.870. The van der Waals surface area contributed by atoms with Crippen LogP contribution in [0, 0.1) is 0 Å². The summed E-state index contributed by atoms with van der Waals surface area (Å²) in [6.45, 7) is 4.36. The zero-order chi connectivity index (χ0) is 11.9. The maximum absolute atomic E-state index is 5.69. The topological polar surface area (TPSA) is 38.5 Å². The van der Waals surface area contributed by atoms with Crippen molar-refractivity contribution in [1.29, 1.82) is 0 Å². The van der Waals surface area contributed by atoms with Gasteiger partial charge in [0.1, 0.15) is 5.75 Å². The number of nitrogens with zero attached hydrogens (tertiary/aromatic N) is 1. The van der Waals surface area contributed by atoms with Gasteiger partial charge in [0.25, 0.3) is 0 Å². The van der Waals surface area contributed by atoms with Gasteiger partial charge in [0.2, 0.25) is 0 Å². The Balaban J connectivity index is 1.62. The molecule has 1 aromatic rings. The van der Waals surface area contributed by atoms with Gasteiger partial charge >= 0.3 is 0 Å². The van der Waals surface area contributed by atoms with Crippen LogP contribution in [0.5, 0.6) is 5.75 Å². The van der Waals surface area contributed by atoms with Gasteiger partial charge in [0.05, 0.1) is 6.61 Å². The van der Waals surface area contributed by atoms with E-state index in [0.717, 1.165) is 31.0 Å². The average Bonchev–Trinajstić information content (AvgIpc) is 2.36. The van der Waals surface area contributed by atoms with E-state index in [-0.39, 0.29) is 0 Å².